The van der Waals surface area contributed by atoms with Gasteiger partial charge in [0.25, 0.3) is 17.8 Å². The molecule has 198 valence electrons. The molecule has 0 unspecified atom stereocenters. The Kier molecular flexibility index (Phi) is 21.3. The monoisotopic (exact) mass is 594 g/mol. The Hall–Kier alpha value is -1.71. The van der Waals surface area contributed by atoms with E-state index in [1.54, 1.807) is 31.0 Å². The van der Waals surface area contributed by atoms with Gasteiger partial charge in [0.15, 0.2) is 0 Å². The van der Waals surface area contributed by atoms with E-state index in [2.05, 4.69) is 19.8 Å². The number of aromatic amines is 1. The van der Waals surface area contributed by atoms with Gasteiger partial charge in [-0.3, -0.25) is 25.0 Å². The van der Waals surface area contributed by atoms with E-state index in [9.17, 15) is 24.6 Å². The zero-order chi connectivity index (χ0) is 28.0. The average Bonchev–Trinajstić information content (AvgIpc) is 3.52. The van der Waals surface area contributed by atoms with E-state index in [1.807, 2.05) is 31.5 Å². The van der Waals surface area contributed by atoms with E-state index < -0.39 is 15.7 Å². The third-order valence-electron chi connectivity index (χ3n) is 4.41. The van der Waals surface area contributed by atoms with Crippen LogP contribution >= 0.6 is 0 Å². The molecular formula is C23H25FK2N6O7. The molecule has 39 heavy (non-hydrogen) atoms. The number of carbonyl (C=O) groups is 1. The number of carbonyl (C=O) groups excluding carboxylic acids is 1. The van der Waals surface area contributed by atoms with E-state index >= 15 is 0 Å². The first-order valence-electron chi connectivity index (χ1n) is 10.3. The van der Waals surface area contributed by atoms with Gasteiger partial charge < -0.3 is 21.1 Å². The van der Waals surface area contributed by atoms with Gasteiger partial charge in [0.1, 0.15) is 5.82 Å². The summed E-state index contributed by atoms with van der Waals surface area (Å²) in [6, 6.07) is 8.22. The molecule has 0 aliphatic carbocycles. The van der Waals surface area contributed by atoms with Crippen LogP contribution in [0.15, 0.2) is 61.4 Å². The van der Waals surface area contributed by atoms with Crippen LogP contribution < -0.4 is 108 Å². The van der Waals surface area contributed by atoms with Gasteiger partial charge in [0.2, 0.25) is 0 Å². The molecule has 0 amide bonds. The standard InChI is InChI=1S/C11H11N3O2.C7H6FNO2.C4H6N2.CH2O3.2K.H/c1-8-5-10(14(15)16)3-4-11(8)13-6-9(2)12-7-13;1-5-4-6(9(10)11)2-3-7(5)8;1-4-2-5-3-6-4;2-1-4-3;;;/h3-7H,1-2H3;2-4H,1H3;2-3H,1H3,(H,5,6);1,3H;;;/q;;;;2*+1;-1/p-1. The molecule has 0 radical (unpaired) electrons. The topological polar surface area (TPSA) is 182 Å². The second-order valence-electron chi connectivity index (χ2n) is 7.27. The van der Waals surface area contributed by atoms with Crippen molar-refractivity contribution in [3.63, 3.8) is 0 Å². The predicted octanol–water partition coefficient (Wildman–Crippen LogP) is -2.29. The summed E-state index contributed by atoms with van der Waals surface area (Å²) in [7, 11) is 0. The molecule has 2 heterocycles. The fourth-order valence-electron chi connectivity index (χ4n) is 2.66. The molecule has 0 saturated carbocycles. The van der Waals surface area contributed by atoms with Gasteiger partial charge in [0.05, 0.1) is 28.2 Å². The summed E-state index contributed by atoms with van der Waals surface area (Å²) in [5.41, 5.74) is 4.10. The Morgan fingerprint density at radius 2 is 1.54 bits per heavy atom. The summed E-state index contributed by atoms with van der Waals surface area (Å²) in [4.78, 5) is 41.8. The second kappa shape index (κ2) is 21.1. The van der Waals surface area contributed by atoms with Crippen molar-refractivity contribution in [3.05, 3.63) is 110 Å². The molecule has 4 rings (SSSR count). The van der Waals surface area contributed by atoms with Crippen molar-refractivity contribution < 1.29 is 133 Å². The number of aryl methyl sites for hydroxylation is 4. The largest absolute Gasteiger partial charge is 1.00 e. The van der Waals surface area contributed by atoms with Crippen molar-refractivity contribution in [2.24, 2.45) is 0 Å². The van der Waals surface area contributed by atoms with Crippen molar-refractivity contribution in [2.75, 3.05) is 0 Å². The molecule has 0 atom stereocenters. The molecular weight excluding hydrogens is 569 g/mol. The Balaban J connectivity index is -0.000000499. The Labute approximate surface area is 309 Å². The molecule has 1 N–H and O–H groups in total. The number of nitro benzene ring substituents is 2. The molecule has 0 aliphatic heterocycles. The van der Waals surface area contributed by atoms with E-state index in [1.165, 1.54) is 19.1 Å². The van der Waals surface area contributed by atoms with Crippen molar-refractivity contribution in [2.45, 2.75) is 27.7 Å². The van der Waals surface area contributed by atoms with Gasteiger partial charge >= 0.3 is 103 Å². The first-order valence-corrected chi connectivity index (χ1v) is 10.3. The third-order valence-corrected chi connectivity index (χ3v) is 4.41. The minimum atomic E-state index is -0.549. The number of hydrogen-bond donors (Lipinski definition) is 1. The van der Waals surface area contributed by atoms with Crippen molar-refractivity contribution in [1.82, 2.24) is 19.5 Å². The Morgan fingerprint density at radius 3 is 1.87 bits per heavy atom. The Bertz CT molecular complexity index is 1330. The van der Waals surface area contributed by atoms with Crippen LogP contribution in [0.5, 0.6) is 0 Å². The zero-order valence-corrected chi connectivity index (χ0v) is 28.6. The summed E-state index contributed by atoms with van der Waals surface area (Å²) in [5, 5.41) is 29.2. The van der Waals surface area contributed by atoms with Crippen LogP contribution in [0.2, 0.25) is 0 Å². The van der Waals surface area contributed by atoms with Gasteiger partial charge in [-0.15, -0.1) is 0 Å². The third kappa shape index (κ3) is 15.0. The van der Waals surface area contributed by atoms with Gasteiger partial charge in [-0.2, -0.15) is 0 Å². The van der Waals surface area contributed by atoms with E-state index in [0.717, 1.165) is 34.8 Å². The number of aromatic nitrogens is 4. The molecule has 0 fully saturated rings. The van der Waals surface area contributed by atoms with E-state index in [0.29, 0.717) is 5.56 Å². The molecule has 0 spiro atoms. The number of hydrogen-bond acceptors (Lipinski definition) is 9. The number of nitro groups is 2. The van der Waals surface area contributed by atoms with Crippen LogP contribution in [-0.4, -0.2) is 35.8 Å². The maximum atomic E-state index is 12.5. The Morgan fingerprint density at radius 1 is 1.00 bits per heavy atom. The maximum absolute atomic E-state index is 12.5. The van der Waals surface area contributed by atoms with Crippen LogP contribution in [0.4, 0.5) is 15.8 Å². The second-order valence-corrected chi connectivity index (χ2v) is 7.27. The molecule has 13 nitrogen and oxygen atoms in total. The van der Waals surface area contributed by atoms with Crippen molar-refractivity contribution in [3.8, 4) is 5.69 Å². The fraction of sp³-hybridized carbons (Fsp3) is 0.174. The van der Waals surface area contributed by atoms with Crippen LogP contribution in [0.25, 0.3) is 5.69 Å². The summed E-state index contributed by atoms with van der Waals surface area (Å²) < 4.78 is 14.4. The number of rotatable bonds is 4. The number of benzene rings is 2. The number of nitrogens with one attached hydrogen (secondary N) is 1. The summed E-state index contributed by atoms with van der Waals surface area (Å²) in [5.74, 6) is -0.421. The number of H-pyrrole nitrogens is 1. The van der Waals surface area contributed by atoms with Crippen molar-refractivity contribution >= 4 is 17.8 Å². The smallest absolute Gasteiger partial charge is 1.00 e. The minimum Gasteiger partial charge on any atom is -1.00 e. The summed E-state index contributed by atoms with van der Waals surface area (Å²) in [6.07, 6.45) is 7.02. The van der Waals surface area contributed by atoms with Gasteiger partial charge in [-0.05, 0) is 51.0 Å². The molecule has 4 aromatic rings. The molecule has 0 saturated heterocycles. The van der Waals surface area contributed by atoms with Gasteiger partial charge in [0, 0.05) is 48.0 Å². The normalized spacial score (nSPS) is 8.87. The summed E-state index contributed by atoms with van der Waals surface area (Å²) in [6.45, 7) is 7.02. The fourth-order valence-corrected chi connectivity index (χ4v) is 2.66. The zero-order valence-electron chi connectivity index (χ0n) is 23.3. The predicted molar refractivity (Wildman–Crippen MR) is 129 cm³/mol. The van der Waals surface area contributed by atoms with Gasteiger partial charge in [-0.1, -0.05) is 0 Å². The molecule has 2 aromatic carbocycles. The van der Waals surface area contributed by atoms with Crippen LogP contribution in [0.3, 0.4) is 0 Å². The van der Waals surface area contributed by atoms with Crippen LogP contribution in [0.1, 0.15) is 23.9 Å². The molecule has 2 aromatic heterocycles. The molecule has 0 bridgehead atoms. The minimum absolute atomic E-state index is 0. The van der Waals surface area contributed by atoms with Crippen LogP contribution in [-0.2, 0) is 9.68 Å². The van der Waals surface area contributed by atoms with Crippen LogP contribution in [0, 0.1) is 53.7 Å². The molecule has 0 aliphatic rings. The average molecular weight is 595 g/mol. The number of halogens is 1. The number of nitrogens with zero attached hydrogens (tertiary/aromatic N) is 5. The van der Waals surface area contributed by atoms with E-state index in [4.69, 9.17) is 10.1 Å². The quantitative estimate of drug-likeness (QED) is 0.0894. The first-order chi connectivity index (χ1) is 17.5. The first kappa shape index (κ1) is 39.4. The van der Waals surface area contributed by atoms with E-state index in [-0.39, 0.29) is 122 Å². The number of non-ortho nitro benzene ring substituents is 2. The van der Waals surface area contributed by atoms with Crippen molar-refractivity contribution in [1.29, 1.82) is 0 Å². The molecule has 16 heteroatoms. The SMILES string of the molecule is Cc1cc([N+](=O)[O-])ccc1F.Cc1cn(-c2ccc([N+](=O)[O-])cc2C)cn1.Cc1cnc[nH]1.O=CO[O-].[H-].[K+].[K+]. The number of imidazole rings is 2. The van der Waals surface area contributed by atoms with Gasteiger partial charge in [-0.25, -0.2) is 14.4 Å². The summed E-state index contributed by atoms with van der Waals surface area (Å²) >= 11 is 0. The maximum Gasteiger partial charge on any atom is 1.00 e.